The summed E-state index contributed by atoms with van der Waals surface area (Å²) in [4.78, 5) is 27.2. The number of carbonyl (C=O) groups is 1. The number of aromatic nitrogens is 2. The summed E-state index contributed by atoms with van der Waals surface area (Å²) < 4.78 is 6.90. The molecule has 0 aliphatic carbocycles. The molecule has 0 spiro atoms. The SMILES string of the molecule is COc1cccc(C(CNC(=O)c2nn(-c3ccccc3)c(C)cc2=O)N(C)C)c1. The van der Waals surface area contributed by atoms with E-state index in [9.17, 15) is 9.59 Å². The molecule has 3 rings (SSSR count). The molecule has 0 saturated heterocycles. The van der Waals surface area contributed by atoms with Crippen LogP contribution in [-0.2, 0) is 0 Å². The minimum absolute atomic E-state index is 0.0918. The average Bonchev–Trinajstić information content (AvgIpc) is 2.74. The first kappa shape index (κ1) is 21.3. The molecule has 156 valence electrons. The summed E-state index contributed by atoms with van der Waals surface area (Å²) in [5, 5.41) is 7.18. The van der Waals surface area contributed by atoms with E-state index in [0.29, 0.717) is 12.2 Å². The molecule has 0 aliphatic rings. The number of amides is 1. The highest BCUT2D eigenvalue weighted by Gasteiger charge is 2.19. The highest BCUT2D eigenvalue weighted by molar-refractivity contribution is 5.92. The van der Waals surface area contributed by atoms with Crippen LogP contribution in [0.15, 0.2) is 65.5 Å². The monoisotopic (exact) mass is 406 g/mol. The maximum atomic E-state index is 12.8. The highest BCUT2D eigenvalue weighted by atomic mass is 16.5. The van der Waals surface area contributed by atoms with Gasteiger partial charge in [0.05, 0.1) is 18.8 Å². The van der Waals surface area contributed by atoms with E-state index >= 15 is 0 Å². The molecule has 1 heterocycles. The predicted molar refractivity (Wildman–Crippen MR) is 116 cm³/mol. The molecular weight excluding hydrogens is 380 g/mol. The molecule has 0 fully saturated rings. The van der Waals surface area contributed by atoms with Gasteiger partial charge in [0.25, 0.3) is 5.91 Å². The van der Waals surface area contributed by atoms with Gasteiger partial charge in [-0.25, -0.2) is 4.68 Å². The van der Waals surface area contributed by atoms with Gasteiger partial charge in [-0.1, -0.05) is 30.3 Å². The molecule has 1 N–H and O–H groups in total. The van der Waals surface area contributed by atoms with Crippen molar-refractivity contribution >= 4 is 5.91 Å². The van der Waals surface area contributed by atoms with Crippen LogP contribution in [0.5, 0.6) is 5.75 Å². The van der Waals surface area contributed by atoms with Gasteiger partial charge in [0.2, 0.25) is 5.43 Å². The lowest BCUT2D eigenvalue weighted by Gasteiger charge is -2.25. The fourth-order valence-electron chi connectivity index (χ4n) is 3.26. The van der Waals surface area contributed by atoms with E-state index in [1.807, 2.05) is 73.6 Å². The maximum Gasteiger partial charge on any atom is 0.275 e. The van der Waals surface area contributed by atoms with Crippen molar-refractivity contribution in [3.05, 3.63) is 87.8 Å². The van der Waals surface area contributed by atoms with Crippen molar-refractivity contribution in [2.75, 3.05) is 27.7 Å². The molecule has 1 aromatic heterocycles. The van der Waals surface area contributed by atoms with Crippen molar-refractivity contribution in [3.63, 3.8) is 0 Å². The van der Waals surface area contributed by atoms with Crippen LogP contribution in [0.1, 0.15) is 27.8 Å². The third-order valence-corrected chi connectivity index (χ3v) is 4.88. The maximum absolute atomic E-state index is 12.8. The second kappa shape index (κ2) is 9.37. The molecular formula is C23H26N4O3. The molecule has 0 bridgehead atoms. The summed E-state index contributed by atoms with van der Waals surface area (Å²) in [7, 11) is 5.48. The Morgan fingerprint density at radius 1 is 1.13 bits per heavy atom. The highest BCUT2D eigenvalue weighted by Crippen LogP contribution is 2.22. The molecule has 1 atom stereocenters. The molecule has 0 aliphatic heterocycles. The van der Waals surface area contributed by atoms with Gasteiger partial charge in [-0.15, -0.1) is 0 Å². The van der Waals surface area contributed by atoms with Crippen LogP contribution in [0.2, 0.25) is 0 Å². The molecule has 0 radical (unpaired) electrons. The number of hydrogen-bond acceptors (Lipinski definition) is 5. The first-order valence-corrected chi connectivity index (χ1v) is 9.65. The molecule has 7 heteroatoms. The van der Waals surface area contributed by atoms with E-state index in [0.717, 1.165) is 17.0 Å². The summed E-state index contributed by atoms with van der Waals surface area (Å²) in [5.74, 6) is 0.246. The van der Waals surface area contributed by atoms with E-state index in [-0.39, 0.29) is 11.7 Å². The standard InChI is InChI=1S/C23H26N4O3/c1-16-13-21(28)22(25-27(16)18-10-6-5-7-11-18)23(29)24-15-20(26(2)3)17-9-8-12-19(14-17)30-4/h5-14,20H,15H2,1-4H3,(H,24,29). The Morgan fingerprint density at radius 2 is 1.87 bits per heavy atom. The molecule has 1 unspecified atom stereocenters. The Labute approximate surface area is 175 Å². The van der Waals surface area contributed by atoms with Crippen molar-refractivity contribution in [1.29, 1.82) is 0 Å². The third-order valence-electron chi connectivity index (χ3n) is 4.88. The lowest BCUT2D eigenvalue weighted by molar-refractivity contribution is 0.0934. The Bertz CT molecular complexity index is 1080. The molecule has 2 aromatic carbocycles. The number of ether oxygens (including phenoxy) is 1. The van der Waals surface area contributed by atoms with Crippen molar-refractivity contribution < 1.29 is 9.53 Å². The van der Waals surface area contributed by atoms with E-state index in [1.165, 1.54) is 6.07 Å². The van der Waals surface area contributed by atoms with Crippen LogP contribution >= 0.6 is 0 Å². The number of para-hydroxylation sites is 1. The van der Waals surface area contributed by atoms with Gasteiger partial charge >= 0.3 is 0 Å². The lowest BCUT2D eigenvalue weighted by Crippen LogP contribution is -2.37. The number of benzene rings is 2. The van der Waals surface area contributed by atoms with Gasteiger partial charge in [-0.2, -0.15) is 5.10 Å². The number of likely N-dealkylation sites (N-methyl/N-ethyl adjacent to an activating group) is 1. The Balaban J connectivity index is 1.83. The molecule has 7 nitrogen and oxygen atoms in total. The van der Waals surface area contributed by atoms with E-state index in [1.54, 1.807) is 18.7 Å². The zero-order valence-corrected chi connectivity index (χ0v) is 17.6. The van der Waals surface area contributed by atoms with Crippen molar-refractivity contribution in [3.8, 4) is 11.4 Å². The van der Waals surface area contributed by atoms with Crippen molar-refractivity contribution in [2.24, 2.45) is 0 Å². The van der Waals surface area contributed by atoms with Crippen LogP contribution in [0.3, 0.4) is 0 Å². The predicted octanol–water partition coefficient (Wildman–Crippen LogP) is 2.58. The first-order valence-electron chi connectivity index (χ1n) is 9.65. The van der Waals surface area contributed by atoms with Gasteiger partial charge in [0.1, 0.15) is 5.75 Å². The average molecular weight is 406 g/mol. The minimum Gasteiger partial charge on any atom is -0.497 e. The first-order chi connectivity index (χ1) is 14.4. The van der Waals surface area contributed by atoms with Crippen LogP contribution in [0.4, 0.5) is 0 Å². The topological polar surface area (TPSA) is 76.5 Å². The van der Waals surface area contributed by atoms with Crippen LogP contribution in [0, 0.1) is 6.92 Å². The normalized spacial score (nSPS) is 11.9. The smallest absolute Gasteiger partial charge is 0.275 e. The Kier molecular flexibility index (Phi) is 6.64. The largest absolute Gasteiger partial charge is 0.497 e. The van der Waals surface area contributed by atoms with Gasteiger partial charge < -0.3 is 15.0 Å². The summed E-state index contributed by atoms with van der Waals surface area (Å²) in [6.45, 7) is 2.10. The molecule has 0 saturated carbocycles. The summed E-state index contributed by atoms with van der Waals surface area (Å²) in [5.41, 5.74) is 1.91. The van der Waals surface area contributed by atoms with Crippen LogP contribution in [-0.4, -0.2) is 48.3 Å². The summed E-state index contributed by atoms with van der Waals surface area (Å²) in [6, 6.07) is 18.4. The van der Waals surface area contributed by atoms with Gasteiger partial charge in [0.15, 0.2) is 5.69 Å². The van der Waals surface area contributed by atoms with E-state index in [4.69, 9.17) is 4.74 Å². The van der Waals surface area contributed by atoms with E-state index < -0.39 is 11.3 Å². The van der Waals surface area contributed by atoms with Crippen molar-refractivity contribution in [2.45, 2.75) is 13.0 Å². The number of aryl methyl sites for hydroxylation is 1. The lowest BCUT2D eigenvalue weighted by atomic mass is 10.1. The van der Waals surface area contributed by atoms with Gasteiger partial charge in [-0.3, -0.25) is 9.59 Å². The minimum atomic E-state index is -0.501. The van der Waals surface area contributed by atoms with Crippen LogP contribution in [0.25, 0.3) is 5.69 Å². The van der Waals surface area contributed by atoms with Crippen LogP contribution < -0.4 is 15.5 Å². The second-order valence-electron chi connectivity index (χ2n) is 7.21. The molecule has 30 heavy (non-hydrogen) atoms. The fraction of sp³-hybridized carbons (Fsp3) is 0.261. The fourth-order valence-corrected chi connectivity index (χ4v) is 3.26. The number of carbonyl (C=O) groups excluding carboxylic acids is 1. The quantitative estimate of drug-likeness (QED) is 0.653. The third kappa shape index (κ3) is 4.75. The number of methoxy groups -OCH3 is 1. The van der Waals surface area contributed by atoms with Crippen molar-refractivity contribution in [1.82, 2.24) is 20.0 Å². The zero-order chi connectivity index (χ0) is 21.7. The Morgan fingerprint density at radius 3 is 2.53 bits per heavy atom. The zero-order valence-electron chi connectivity index (χ0n) is 17.6. The number of hydrogen-bond donors (Lipinski definition) is 1. The number of nitrogens with zero attached hydrogens (tertiary/aromatic N) is 3. The second-order valence-corrected chi connectivity index (χ2v) is 7.21. The number of rotatable bonds is 7. The summed E-state index contributed by atoms with van der Waals surface area (Å²) >= 11 is 0. The number of nitrogens with one attached hydrogen (secondary N) is 1. The van der Waals surface area contributed by atoms with Gasteiger partial charge in [-0.05, 0) is 50.8 Å². The molecule has 1 amide bonds. The summed E-state index contributed by atoms with van der Waals surface area (Å²) in [6.07, 6.45) is 0. The Hall–Kier alpha value is -3.45. The van der Waals surface area contributed by atoms with E-state index in [2.05, 4.69) is 10.4 Å². The van der Waals surface area contributed by atoms with Gasteiger partial charge in [0, 0.05) is 18.3 Å². The molecule has 3 aromatic rings.